The highest BCUT2D eigenvalue weighted by Gasteiger charge is 2.17. The Morgan fingerprint density at radius 2 is 1.92 bits per heavy atom. The lowest BCUT2D eigenvalue weighted by molar-refractivity contribution is 0.0524. The standard InChI is InChI=1S/C18H29N3O3/c1-18(2,3)24-17(22)20-13-15(19)12-14-4-6-16(7-5-14)21-8-10-23-11-9-21/h4-7,15H,8-13,19H2,1-3H3,(H,20,22). The van der Waals surface area contributed by atoms with Gasteiger partial charge in [-0.15, -0.1) is 0 Å². The van der Waals surface area contributed by atoms with Crippen molar-refractivity contribution in [2.75, 3.05) is 37.7 Å². The van der Waals surface area contributed by atoms with E-state index in [0.29, 0.717) is 13.0 Å². The number of hydrogen-bond acceptors (Lipinski definition) is 5. The van der Waals surface area contributed by atoms with Gasteiger partial charge in [0.15, 0.2) is 0 Å². The van der Waals surface area contributed by atoms with Crippen LogP contribution in [0.5, 0.6) is 0 Å². The summed E-state index contributed by atoms with van der Waals surface area (Å²) in [5.41, 5.74) is 7.97. The van der Waals surface area contributed by atoms with Crippen LogP contribution in [-0.2, 0) is 15.9 Å². The summed E-state index contributed by atoms with van der Waals surface area (Å²) >= 11 is 0. The van der Waals surface area contributed by atoms with E-state index in [2.05, 4.69) is 34.5 Å². The monoisotopic (exact) mass is 335 g/mol. The van der Waals surface area contributed by atoms with Gasteiger partial charge in [-0.1, -0.05) is 12.1 Å². The van der Waals surface area contributed by atoms with Crippen LogP contribution in [-0.4, -0.2) is 50.6 Å². The molecule has 1 aromatic rings. The number of nitrogens with zero attached hydrogens (tertiary/aromatic N) is 1. The Morgan fingerprint density at radius 1 is 1.29 bits per heavy atom. The molecule has 134 valence electrons. The number of nitrogens with two attached hydrogens (primary N) is 1. The molecule has 1 unspecified atom stereocenters. The van der Waals surface area contributed by atoms with E-state index in [0.717, 1.165) is 31.9 Å². The van der Waals surface area contributed by atoms with E-state index in [1.807, 2.05) is 20.8 Å². The van der Waals surface area contributed by atoms with Gasteiger partial charge in [-0.3, -0.25) is 0 Å². The molecule has 0 bridgehead atoms. The maximum absolute atomic E-state index is 11.6. The average molecular weight is 335 g/mol. The number of alkyl carbamates (subject to hydrolysis) is 1. The lowest BCUT2D eigenvalue weighted by atomic mass is 10.1. The maximum atomic E-state index is 11.6. The Kier molecular flexibility index (Phi) is 6.45. The van der Waals surface area contributed by atoms with E-state index >= 15 is 0 Å². The van der Waals surface area contributed by atoms with Crippen LogP contribution >= 0.6 is 0 Å². The van der Waals surface area contributed by atoms with E-state index in [1.54, 1.807) is 0 Å². The third-order valence-corrected chi connectivity index (χ3v) is 3.72. The van der Waals surface area contributed by atoms with Gasteiger partial charge in [-0.05, 0) is 44.9 Å². The number of nitrogens with one attached hydrogen (secondary N) is 1. The van der Waals surface area contributed by atoms with Gasteiger partial charge in [0, 0.05) is 31.4 Å². The summed E-state index contributed by atoms with van der Waals surface area (Å²) in [6.07, 6.45) is 0.278. The first-order chi connectivity index (χ1) is 11.3. The van der Waals surface area contributed by atoms with E-state index in [1.165, 1.54) is 5.69 Å². The third kappa shape index (κ3) is 6.37. The van der Waals surface area contributed by atoms with Crippen LogP contribution in [0, 0.1) is 0 Å². The highest BCUT2D eigenvalue weighted by Crippen LogP contribution is 2.17. The molecule has 24 heavy (non-hydrogen) atoms. The van der Waals surface area contributed by atoms with Gasteiger partial charge in [0.2, 0.25) is 0 Å². The zero-order valence-electron chi connectivity index (χ0n) is 14.9. The zero-order valence-corrected chi connectivity index (χ0v) is 14.9. The number of hydrogen-bond donors (Lipinski definition) is 2. The quantitative estimate of drug-likeness (QED) is 0.860. The van der Waals surface area contributed by atoms with E-state index in [-0.39, 0.29) is 6.04 Å². The molecule has 1 atom stereocenters. The van der Waals surface area contributed by atoms with Gasteiger partial charge in [0.05, 0.1) is 13.2 Å². The van der Waals surface area contributed by atoms with Crippen LogP contribution in [0.25, 0.3) is 0 Å². The first kappa shape index (κ1) is 18.5. The molecule has 6 heteroatoms. The molecular weight excluding hydrogens is 306 g/mol. The average Bonchev–Trinajstić information content (AvgIpc) is 2.53. The van der Waals surface area contributed by atoms with Crippen molar-refractivity contribution in [3.8, 4) is 0 Å². The Bertz CT molecular complexity index is 519. The third-order valence-electron chi connectivity index (χ3n) is 3.72. The van der Waals surface area contributed by atoms with Crippen molar-refractivity contribution < 1.29 is 14.3 Å². The number of morpholine rings is 1. The van der Waals surface area contributed by atoms with E-state index in [9.17, 15) is 4.79 Å². The number of ether oxygens (including phenoxy) is 2. The minimum Gasteiger partial charge on any atom is -0.444 e. The smallest absolute Gasteiger partial charge is 0.407 e. The van der Waals surface area contributed by atoms with Crippen molar-refractivity contribution in [2.45, 2.75) is 38.8 Å². The Labute approximate surface area is 144 Å². The molecule has 0 spiro atoms. The molecule has 1 heterocycles. The summed E-state index contributed by atoms with van der Waals surface area (Å²) in [6.45, 7) is 9.32. The number of carbonyl (C=O) groups excluding carboxylic acids is 1. The normalized spacial score (nSPS) is 16.6. The van der Waals surface area contributed by atoms with Gasteiger partial charge in [0.1, 0.15) is 5.60 Å². The SMILES string of the molecule is CC(C)(C)OC(=O)NCC(N)Cc1ccc(N2CCOCC2)cc1. The molecule has 1 aliphatic heterocycles. The molecule has 3 N–H and O–H groups in total. The molecule has 0 radical (unpaired) electrons. The largest absolute Gasteiger partial charge is 0.444 e. The van der Waals surface area contributed by atoms with Crippen LogP contribution in [0.1, 0.15) is 26.3 Å². The molecular formula is C18H29N3O3. The molecule has 1 aromatic carbocycles. The molecule has 0 aromatic heterocycles. The molecule has 1 amide bonds. The molecule has 1 saturated heterocycles. The summed E-state index contributed by atoms with van der Waals surface area (Å²) in [4.78, 5) is 13.9. The maximum Gasteiger partial charge on any atom is 0.407 e. The highest BCUT2D eigenvalue weighted by atomic mass is 16.6. The molecule has 0 aliphatic carbocycles. The number of carbonyl (C=O) groups is 1. The van der Waals surface area contributed by atoms with Crippen molar-refractivity contribution in [1.29, 1.82) is 0 Å². The second kappa shape index (κ2) is 8.35. The van der Waals surface area contributed by atoms with Gasteiger partial charge >= 0.3 is 6.09 Å². The minimum absolute atomic E-state index is 0.147. The summed E-state index contributed by atoms with van der Waals surface area (Å²) in [5, 5.41) is 2.71. The predicted molar refractivity (Wildman–Crippen MR) is 95.4 cm³/mol. The van der Waals surface area contributed by atoms with Gasteiger partial charge in [0.25, 0.3) is 0 Å². The lowest BCUT2D eigenvalue weighted by Gasteiger charge is -2.29. The molecule has 1 fully saturated rings. The highest BCUT2D eigenvalue weighted by molar-refractivity contribution is 5.67. The Morgan fingerprint density at radius 3 is 2.50 bits per heavy atom. The van der Waals surface area contributed by atoms with E-state index < -0.39 is 11.7 Å². The zero-order chi connectivity index (χ0) is 17.6. The van der Waals surface area contributed by atoms with Crippen molar-refractivity contribution in [2.24, 2.45) is 5.73 Å². The van der Waals surface area contributed by atoms with Crippen LogP contribution in [0.2, 0.25) is 0 Å². The Hall–Kier alpha value is -1.79. The fourth-order valence-corrected chi connectivity index (χ4v) is 2.57. The second-order valence-corrected chi connectivity index (χ2v) is 7.11. The summed E-state index contributed by atoms with van der Waals surface area (Å²) in [7, 11) is 0. The Balaban J connectivity index is 1.77. The first-order valence-electron chi connectivity index (χ1n) is 8.47. The van der Waals surface area contributed by atoms with Gasteiger partial charge in [-0.25, -0.2) is 4.79 Å². The molecule has 6 nitrogen and oxygen atoms in total. The number of amides is 1. The van der Waals surface area contributed by atoms with Crippen LogP contribution in [0.3, 0.4) is 0 Å². The first-order valence-corrected chi connectivity index (χ1v) is 8.47. The summed E-state index contributed by atoms with van der Waals surface area (Å²) in [6, 6.07) is 8.28. The number of benzene rings is 1. The fourth-order valence-electron chi connectivity index (χ4n) is 2.57. The topological polar surface area (TPSA) is 76.8 Å². The predicted octanol–water partition coefficient (Wildman–Crippen LogP) is 1.92. The van der Waals surface area contributed by atoms with Crippen molar-refractivity contribution >= 4 is 11.8 Å². The van der Waals surface area contributed by atoms with Gasteiger partial charge in [-0.2, -0.15) is 0 Å². The fraction of sp³-hybridized carbons (Fsp3) is 0.611. The summed E-state index contributed by atoms with van der Waals surface area (Å²) < 4.78 is 10.6. The van der Waals surface area contributed by atoms with Crippen molar-refractivity contribution in [3.63, 3.8) is 0 Å². The van der Waals surface area contributed by atoms with Crippen molar-refractivity contribution in [1.82, 2.24) is 5.32 Å². The lowest BCUT2D eigenvalue weighted by Crippen LogP contribution is -2.41. The number of anilines is 1. The van der Waals surface area contributed by atoms with Crippen LogP contribution in [0.4, 0.5) is 10.5 Å². The van der Waals surface area contributed by atoms with Crippen LogP contribution < -0.4 is 16.0 Å². The van der Waals surface area contributed by atoms with E-state index in [4.69, 9.17) is 15.2 Å². The number of rotatable bonds is 5. The second-order valence-electron chi connectivity index (χ2n) is 7.11. The summed E-state index contributed by atoms with van der Waals surface area (Å²) in [5.74, 6) is 0. The van der Waals surface area contributed by atoms with Crippen LogP contribution in [0.15, 0.2) is 24.3 Å². The molecule has 1 aliphatic rings. The van der Waals surface area contributed by atoms with Crippen molar-refractivity contribution in [3.05, 3.63) is 29.8 Å². The minimum atomic E-state index is -0.497. The van der Waals surface area contributed by atoms with Gasteiger partial charge < -0.3 is 25.4 Å². The molecule has 2 rings (SSSR count). The molecule has 0 saturated carbocycles.